The summed E-state index contributed by atoms with van der Waals surface area (Å²) in [7, 11) is 0. The Morgan fingerprint density at radius 3 is 2.54 bits per heavy atom. The summed E-state index contributed by atoms with van der Waals surface area (Å²) in [6, 6.07) is 0. The fourth-order valence-corrected chi connectivity index (χ4v) is 0.749. The van der Waals surface area contributed by atoms with Crippen molar-refractivity contribution in [1.82, 2.24) is 9.97 Å². The van der Waals surface area contributed by atoms with E-state index in [0.29, 0.717) is 11.7 Å². The Hall–Kier alpha value is -1.32. The van der Waals surface area contributed by atoms with E-state index in [-0.39, 0.29) is 5.60 Å². The summed E-state index contributed by atoms with van der Waals surface area (Å²) in [6.45, 7) is 6.02. The molecule has 4 heteroatoms. The Labute approximate surface area is 78.1 Å². The monoisotopic (exact) mass is 181 g/mol. The van der Waals surface area contributed by atoms with Gasteiger partial charge >= 0.3 is 0 Å². The molecule has 0 spiro atoms. The molecule has 1 heterocycles. The smallest absolute Gasteiger partial charge is 0.257 e. The minimum Gasteiger partial charge on any atom is -0.469 e. The van der Waals surface area contributed by atoms with Crippen molar-refractivity contribution in [3.63, 3.8) is 0 Å². The Balaban J connectivity index is 2.80. The van der Waals surface area contributed by atoms with Gasteiger partial charge in [0.2, 0.25) is 0 Å². The van der Waals surface area contributed by atoms with Crippen molar-refractivity contribution >= 4 is 5.82 Å². The number of hydrogen-bond acceptors (Lipinski definition) is 4. The molecular formula is C9H15N3O. The van der Waals surface area contributed by atoms with Crippen molar-refractivity contribution in [2.24, 2.45) is 0 Å². The van der Waals surface area contributed by atoms with E-state index in [1.807, 2.05) is 20.8 Å². The number of ether oxygens (including phenoxy) is 1. The third-order valence-corrected chi connectivity index (χ3v) is 1.92. The predicted octanol–water partition coefficient (Wildman–Crippen LogP) is 1.63. The van der Waals surface area contributed by atoms with Gasteiger partial charge in [-0.3, -0.25) is 0 Å². The van der Waals surface area contributed by atoms with Gasteiger partial charge in [0.15, 0.2) is 5.82 Å². The van der Waals surface area contributed by atoms with Crippen LogP contribution in [0.5, 0.6) is 5.88 Å². The first-order valence-electron chi connectivity index (χ1n) is 4.30. The minimum absolute atomic E-state index is 0.246. The molecule has 1 rings (SSSR count). The summed E-state index contributed by atoms with van der Waals surface area (Å²) in [5.74, 6) is 0.748. The molecule has 0 bridgehead atoms. The number of nitrogens with two attached hydrogens (primary N) is 1. The lowest BCUT2D eigenvalue weighted by Gasteiger charge is -2.24. The molecule has 72 valence electrons. The highest BCUT2D eigenvalue weighted by Crippen LogP contribution is 2.21. The molecule has 0 fully saturated rings. The van der Waals surface area contributed by atoms with Crippen LogP contribution in [-0.2, 0) is 0 Å². The number of anilines is 1. The van der Waals surface area contributed by atoms with Gasteiger partial charge in [0.05, 0.1) is 0 Å². The second-order valence-corrected chi connectivity index (χ2v) is 3.46. The molecule has 0 saturated carbocycles. The van der Waals surface area contributed by atoms with Crippen LogP contribution in [0.2, 0.25) is 0 Å². The zero-order valence-corrected chi connectivity index (χ0v) is 8.24. The van der Waals surface area contributed by atoms with Gasteiger partial charge in [-0.05, 0) is 20.3 Å². The number of hydrogen-bond donors (Lipinski definition) is 1. The summed E-state index contributed by atoms with van der Waals surface area (Å²) in [4.78, 5) is 7.89. The molecule has 0 aliphatic carbocycles. The van der Waals surface area contributed by atoms with Crippen molar-refractivity contribution in [2.45, 2.75) is 32.8 Å². The second-order valence-electron chi connectivity index (χ2n) is 3.46. The van der Waals surface area contributed by atoms with Crippen LogP contribution >= 0.6 is 0 Å². The first-order valence-corrected chi connectivity index (χ1v) is 4.30. The normalized spacial score (nSPS) is 11.3. The van der Waals surface area contributed by atoms with E-state index in [1.54, 1.807) is 12.4 Å². The van der Waals surface area contributed by atoms with Crippen molar-refractivity contribution in [1.29, 1.82) is 0 Å². The molecule has 4 nitrogen and oxygen atoms in total. The predicted molar refractivity (Wildman–Crippen MR) is 51.4 cm³/mol. The lowest BCUT2D eigenvalue weighted by molar-refractivity contribution is 0.0996. The molecule has 0 amide bonds. The quantitative estimate of drug-likeness (QED) is 0.769. The second kappa shape index (κ2) is 3.60. The van der Waals surface area contributed by atoms with Crippen molar-refractivity contribution < 1.29 is 4.74 Å². The zero-order chi connectivity index (χ0) is 9.90. The van der Waals surface area contributed by atoms with Crippen LogP contribution < -0.4 is 10.5 Å². The molecule has 0 saturated heterocycles. The number of aromatic nitrogens is 2. The van der Waals surface area contributed by atoms with Gasteiger partial charge in [-0.25, -0.2) is 9.97 Å². The Morgan fingerprint density at radius 2 is 2.00 bits per heavy atom. The molecule has 0 radical (unpaired) electrons. The van der Waals surface area contributed by atoms with Gasteiger partial charge in [0.25, 0.3) is 5.88 Å². The van der Waals surface area contributed by atoms with E-state index in [2.05, 4.69) is 9.97 Å². The SMILES string of the molecule is CCC(C)(C)Oc1nccnc1N. The standard InChI is InChI=1S/C9H15N3O/c1-4-9(2,3)13-8-7(10)11-5-6-12-8/h5-6H,4H2,1-3H3,(H2,10,11). The fraction of sp³-hybridized carbons (Fsp3) is 0.556. The van der Waals surface area contributed by atoms with E-state index < -0.39 is 0 Å². The lowest BCUT2D eigenvalue weighted by Crippen LogP contribution is -2.27. The van der Waals surface area contributed by atoms with Crippen LogP contribution in [0.15, 0.2) is 12.4 Å². The van der Waals surface area contributed by atoms with E-state index in [9.17, 15) is 0 Å². The van der Waals surface area contributed by atoms with Crippen molar-refractivity contribution in [2.75, 3.05) is 5.73 Å². The first kappa shape index (κ1) is 9.77. The zero-order valence-electron chi connectivity index (χ0n) is 8.24. The summed E-state index contributed by atoms with van der Waals surface area (Å²) in [5.41, 5.74) is 5.34. The molecule has 2 N–H and O–H groups in total. The van der Waals surface area contributed by atoms with Crippen molar-refractivity contribution in [3.8, 4) is 5.88 Å². The molecule has 0 atom stereocenters. The number of rotatable bonds is 3. The summed E-state index contributed by atoms with van der Waals surface area (Å²) >= 11 is 0. The van der Waals surface area contributed by atoms with E-state index in [0.717, 1.165) is 6.42 Å². The minimum atomic E-state index is -0.246. The first-order chi connectivity index (χ1) is 6.05. The molecule has 0 aliphatic heterocycles. The molecular weight excluding hydrogens is 166 g/mol. The maximum absolute atomic E-state index is 5.58. The van der Waals surface area contributed by atoms with E-state index in [1.165, 1.54) is 0 Å². The number of nitrogen functional groups attached to an aromatic ring is 1. The van der Waals surface area contributed by atoms with Gasteiger partial charge in [-0.2, -0.15) is 0 Å². The summed E-state index contributed by atoms with van der Waals surface area (Å²) in [5, 5.41) is 0. The molecule has 13 heavy (non-hydrogen) atoms. The van der Waals surface area contributed by atoms with Crippen LogP contribution in [0.4, 0.5) is 5.82 Å². The molecule has 0 aromatic carbocycles. The average Bonchev–Trinajstić information content (AvgIpc) is 2.09. The largest absolute Gasteiger partial charge is 0.469 e. The van der Waals surface area contributed by atoms with Gasteiger partial charge < -0.3 is 10.5 Å². The van der Waals surface area contributed by atoms with Gasteiger partial charge in [0.1, 0.15) is 5.60 Å². The van der Waals surface area contributed by atoms with Crippen LogP contribution in [-0.4, -0.2) is 15.6 Å². The fourth-order valence-electron chi connectivity index (χ4n) is 0.749. The van der Waals surface area contributed by atoms with E-state index in [4.69, 9.17) is 10.5 Å². The Kier molecular flexibility index (Phi) is 2.70. The molecule has 1 aromatic rings. The topological polar surface area (TPSA) is 61.0 Å². The van der Waals surface area contributed by atoms with Crippen LogP contribution in [0.3, 0.4) is 0 Å². The Morgan fingerprint density at radius 1 is 1.38 bits per heavy atom. The lowest BCUT2D eigenvalue weighted by atomic mass is 10.1. The highest BCUT2D eigenvalue weighted by molar-refractivity contribution is 5.39. The third kappa shape index (κ3) is 2.57. The average molecular weight is 181 g/mol. The van der Waals surface area contributed by atoms with Gasteiger partial charge in [-0.1, -0.05) is 6.92 Å². The summed E-state index contributed by atoms with van der Waals surface area (Å²) in [6.07, 6.45) is 4.00. The molecule has 1 aromatic heterocycles. The molecule has 0 unspecified atom stereocenters. The Bertz CT molecular complexity index is 286. The highest BCUT2D eigenvalue weighted by Gasteiger charge is 2.18. The summed E-state index contributed by atoms with van der Waals surface area (Å²) < 4.78 is 5.58. The van der Waals surface area contributed by atoms with Gasteiger partial charge in [0, 0.05) is 12.4 Å². The maximum Gasteiger partial charge on any atom is 0.257 e. The van der Waals surface area contributed by atoms with Crippen LogP contribution in [0, 0.1) is 0 Å². The van der Waals surface area contributed by atoms with Crippen LogP contribution in [0.25, 0.3) is 0 Å². The van der Waals surface area contributed by atoms with Gasteiger partial charge in [-0.15, -0.1) is 0 Å². The van der Waals surface area contributed by atoms with Crippen molar-refractivity contribution in [3.05, 3.63) is 12.4 Å². The third-order valence-electron chi connectivity index (χ3n) is 1.92. The molecule has 0 aliphatic rings. The maximum atomic E-state index is 5.58. The van der Waals surface area contributed by atoms with E-state index >= 15 is 0 Å². The number of nitrogens with zero attached hydrogens (tertiary/aromatic N) is 2. The highest BCUT2D eigenvalue weighted by atomic mass is 16.5. The van der Waals surface area contributed by atoms with Crippen LogP contribution in [0.1, 0.15) is 27.2 Å².